The number of hydrogen-bond donors (Lipinski definition) is 1. The summed E-state index contributed by atoms with van der Waals surface area (Å²) in [6.45, 7) is 6.05. The SMILES string of the molecule is Cc1nn(Cc2ccc(F)cc2)c2c1CCN(C(=O)CC1CCCNC1)C2.Cl. The molecule has 1 fully saturated rings. The van der Waals surface area contributed by atoms with Crippen LogP contribution in [0, 0.1) is 18.7 Å². The number of halogens is 2. The number of nitrogens with one attached hydrogen (secondary N) is 1. The van der Waals surface area contributed by atoms with Gasteiger partial charge in [0.25, 0.3) is 0 Å². The van der Waals surface area contributed by atoms with Crippen molar-refractivity contribution in [1.82, 2.24) is 20.0 Å². The van der Waals surface area contributed by atoms with Crippen LogP contribution < -0.4 is 5.32 Å². The minimum Gasteiger partial charge on any atom is -0.336 e. The largest absolute Gasteiger partial charge is 0.336 e. The van der Waals surface area contributed by atoms with Crippen LogP contribution >= 0.6 is 12.4 Å². The second-order valence-electron chi connectivity index (χ2n) is 7.78. The van der Waals surface area contributed by atoms with Crippen molar-refractivity contribution in [2.24, 2.45) is 5.92 Å². The number of piperidine rings is 1. The Hall–Kier alpha value is -1.92. The molecule has 1 amide bonds. The lowest BCUT2D eigenvalue weighted by Gasteiger charge is -2.30. The highest BCUT2D eigenvalue weighted by atomic mass is 35.5. The van der Waals surface area contributed by atoms with E-state index >= 15 is 0 Å². The second kappa shape index (κ2) is 9.05. The Morgan fingerprint density at radius 2 is 2.11 bits per heavy atom. The van der Waals surface area contributed by atoms with E-state index in [-0.39, 0.29) is 24.1 Å². The molecular formula is C21H28ClFN4O. The number of amides is 1. The molecule has 1 aromatic heterocycles. The molecule has 1 aromatic carbocycles. The van der Waals surface area contributed by atoms with E-state index in [1.54, 1.807) is 12.1 Å². The van der Waals surface area contributed by atoms with Gasteiger partial charge < -0.3 is 10.2 Å². The molecule has 1 unspecified atom stereocenters. The zero-order valence-electron chi connectivity index (χ0n) is 16.3. The summed E-state index contributed by atoms with van der Waals surface area (Å²) in [5.41, 5.74) is 4.44. The van der Waals surface area contributed by atoms with Crippen molar-refractivity contribution in [3.05, 3.63) is 52.6 Å². The quantitative estimate of drug-likeness (QED) is 0.848. The fourth-order valence-corrected chi connectivity index (χ4v) is 4.26. The number of aromatic nitrogens is 2. The van der Waals surface area contributed by atoms with Crippen molar-refractivity contribution < 1.29 is 9.18 Å². The van der Waals surface area contributed by atoms with Crippen molar-refractivity contribution in [2.75, 3.05) is 19.6 Å². The van der Waals surface area contributed by atoms with Crippen molar-refractivity contribution in [2.45, 2.75) is 45.7 Å². The first-order chi connectivity index (χ1) is 13.1. The molecule has 1 N–H and O–H groups in total. The van der Waals surface area contributed by atoms with Crippen LogP contribution in [0.15, 0.2) is 24.3 Å². The standard InChI is InChI=1S/C21H27FN4O.ClH/c1-15-19-8-10-25(21(27)11-17-3-2-9-23-12-17)14-20(19)26(24-15)13-16-4-6-18(22)7-5-16;/h4-7,17,23H,2-3,8-14H2,1H3;1H. The monoisotopic (exact) mass is 406 g/mol. The zero-order chi connectivity index (χ0) is 18.8. The molecule has 0 spiro atoms. The number of nitrogens with zero attached hydrogens (tertiary/aromatic N) is 3. The Morgan fingerprint density at radius 1 is 1.32 bits per heavy atom. The van der Waals surface area contributed by atoms with Gasteiger partial charge in [0.15, 0.2) is 0 Å². The van der Waals surface area contributed by atoms with Gasteiger partial charge >= 0.3 is 0 Å². The lowest BCUT2D eigenvalue weighted by atomic mass is 9.95. The highest BCUT2D eigenvalue weighted by Crippen LogP contribution is 2.25. The van der Waals surface area contributed by atoms with E-state index in [1.165, 1.54) is 17.7 Å². The van der Waals surface area contributed by atoms with Crippen LogP contribution in [0.4, 0.5) is 4.39 Å². The first-order valence-corrected chi connectivity index (χ1v) is 9.88. The third kappa shape index (κ3) is 4.55. The molecule has 1 atom stereocenters. The van der Waals surface area contributed by atoms with Crippen LogP contribution in [0.5, 0.6) is 0 Å². The van der Waals surface area contributed by atoms with Crippen LogP contribution in [-0.4, -0.2) is 40.2 Å². The van der Waals surface area contributed by atoms with Gasteiger partial charge in [-0.15, -0.1) is 12.4 Å². The number of rotatable bonds is 4. The van der Waals surface area contributed by atoms with E-state index in [2.05, 4.69) is 5.32 Å². The third-order valence-electron chi connectivity index (χ3n) is 5.80. The van der Waals surface area contributed by atoms with Gasteiger partial charge in [-0.3, -0.25) is 9.48 Å². The molecule has 0 aliphatic carbocycles. The lowest BCUT2D eigenvalue weighted by molar-refractivity contribution is -0.133. The van der Waals surface area contributed by atoms with Crippen LogP contribution in [0.25, 0.3) is 0 Å². The molecule has 0 saturated carbocycles. The van der Waals surface area contributed by atoms with Gasteiger partial charge in [0.2, 0.25) is 5.91 Å². The first kappa shape index (κ1) is 20.8. The van der Waals surface area contributed by atoms with E-state index in [0.717, 1.165) is 55.8 Å². The molecule has 5 nitrogen and oxygen atoms in total. The molecule has 2 aromatic rings. The van der Waals surface area contributed by atoms with Crippen molar-refractivity contribution in [3.63, 3.8) is 0 Å². The molecule has 0 bridgehead atoms. The van der Waals surface area contributed by atoms with Crippen molar-refractivity contribution in [3.8, 4) is 0 Å². The summed E-state index contributed by atoms with van der Waals surface area (Å²) in [5.74, 6) is 0.478. The summed E-state index contributed by atoms with van der Waals surface area (Å²) in [6, 6.07) is 6.54. The molecule has 28 heavy (non-hydrogen) atoms. The van der Waals surface area contributed by atoms with Crippen LogP contribution in [-0.2, 0) is 24.3 Å². The fraction of sp³-hybridized carbons (Fsp3) is 0.524. The summed E-state index contributed by atoms with van der Waals surface area (Å²) in [6.07, 6.45) is 3.79. The Morgan fingerprint density at radius 3 is 2.82 bits per heavy atom. The molecule has 0 radical (unpaired) electrons. The molecule has 2 aliphatic heterocycles. The highest BCUT2D eigenvalue weighted by molar-refractivity contribution is 5.85. The zero-order valence-corrected chi connectivity index (χ0v) is 17.1. The Balaban J connectivity index is 0.00000225. The van der Waals surface area contributed by atoms with Gasteiger partial charge in [-0.05, 0) is 68.5 Å². The number of fused-ring (bicyclic) bond motifs is 1. The minimum absolute atomic E-state index is 0. The predicted molar refractivity (Wildman–Crippen MR) is 109 cm³/mol. The van der Waals surface area contributed by atoms with E-state index in [1.807, 2.05) is 16.5 Å². The van der Waals surface area contributed by atoms with Crippen LogP contribution in [0.2, 0.25) is 0 Å². The molecule has 3 heterocycles. The number of benzene rings is 1. The van der Waals surface area contributed by atoms with Gasteiger partial charge in [-0.2, -0.15) is 5.10 Å². The molecule has 4 rings (SSSR count). The summed E-state index contributed by atoms with van der Waals surface area (Å²) in [7, 11) is 0. The molecule has 2 aliphatic rings. The highest BCUT2D eigenvalue weighted by Gasteiger charge is 2.28. The number of carbonyl (C=O) groups is 1. The Kier molecular flexibility index (Phi) is 6.73. The smallest absolute Gasteiger partial charge is 0.223 e. The van der Waals surface area contributed by atoms with E-state index < -0.39 is 0 Å². The summed E-state index contributed by atoms with van der Waals surface area (Å²) in [5, 5.41) is 8.09. The van der Waals surface area contributed by atoms with E-state index in [0.29, 0.717) is 25.4 Å². The first-order valence-electron chi connectivity index (χ1n) is 9.88. The topological polar surface area (TPSA) is 50.2 Å². The van der Waals surface area contributed by atoms with Gasteiger partial charge in [0.05, 0.1) is 24.5 Å². The maximum Gasteiger partial charge on any atom is 0.223 e. The Labute approximate surface area is 171 Å². The number of carbonyl (C=O) groups excluding carboxylic acids is 1. The van der Waals surface area contributed by atoms with Gasteiger partial charge in [-0.1, -0.05) is 12.1 Å². The third-order valence-corrected chi connectivity index (χ3v) is 5.80. The second-order valence-corrected chi connectivity index (χ2v) is 7.78. The maximum absolute atomic E-state index is 13.2. The van der Waals surface area contributed by atoms with Gasteiger partial charge in [-0.25, -0.2) is 4.39 Å². The number of hydrogen-bond acceptors (Lipinski definition) is 3. The fourth-order valence-electron chi connectivity index (χ4n) is 4.26. The van der Waals surface area contributed by atoms with E-state index in [9.17, 15) is 9.18 Å². The summed E-state index contributed by atoms with van der Waals surface area (Å²) in [4.78, 5) is 14.8. The van der Waals surface area contributed by atoms with Crippen molar-refractivity contribution >= 4 is 18.3 Å². The van der Waals surface area contributed by atoms with E-state index in [4.69, 9.17) is 5.10 Å². The molecule has 7 heteroatoms. The van der Waals surface area contributed by atoms with Gasteiger partial charge in [0.1, 0.15) is 5.82 Å². The normalized spacial score (nSPS) is 19.1. The molecular weight excluding hydrogens is 379 g/mol. The average Bonchev–Trinajstić information content (AvgIpc) is 2.99. The average molecular weight is 407 g/mol. The lowest BCUT2D eigenvalue weighted by Crippen LogP contribution is -2.39. The molecule has 1 saturated heterocycles. The van der Waals surface area contributed by atoms with Crippen LogP contribution in [0.3, 0.4) is 0 Å². The molecule has 152 valence electrons. The minimum atomic E-state index is -0.230. The van der Waals surface area contributed by atoms with Crippen molar-refractivity contribution in [1.29, 1.82) is 0 Å². The predicted octanol–water partition coefficient (Wildman–Crippen LogP) is 3.08. The van der Waals surface area contributed by atoms with Crippen LogP contribution in [0.1, 0.15) is 41.8 Å². The number of aryl methyl sites for hydroxylation is 1. The summed E-state index contributed by atoms with van der Waals surface area (Å²) >= 11 is 0. The maximum atomic E-state index is 13.2. The summed E-state index contributed by atoms with van der Waals surface area (Å²) < 4.78 is 15.1. The Bertz CT molecular complexity index is 815. The van der Waals surface area contributed by atoms with Gasteiger partial charge in [0, 0.05) is 13.0 Å².